The molecule has 21 heavy (non-hydrogen) atoms. The van der Waals surface area contributed by atoms with Crippen LogP contribution in [0.2, 0.25) is 0 Å². The molecule has 1 aliphatic carbocycles. The van der Waals surface area contributed by atoms with Gasteiger partial charge >= 0.3 is 12.3 Å². The second kappa shape index (κ2) is 5.04. The minimum absolute atomic E-state index is 0.0163. The number of carbonyl (C=O) groups is 1. The van der Waals surface area contributed by atoms with Gasteiger partial charge in [0.1, 0.15) is 6.61 Å². The van der Waals surface area contributed by atoms with E-state index in [1.807, 2.05) is 6.92 Å². The predicted octanol–water partition coefficient (Wildman–Crippen LogP) is 2.56. The van der Waals surface area contributed by atoms with Crippen molar-refractivity contribution >= 4 is 6.09 Å². The number of hydrogen-bond donors (Lipinski definition) is 1. The van der Waals surface area contributed by atoms with Crippen molar-refractivity contribution in [1.82, 2.24) is 4.90 Å². The molecule has 2 saturated heterocycles. The molecule has 7 heteroatoms. The minimum atomic E-state index is -4.57. The molecule has 0 aromatic carbocycles. The van der Waals surface area contributed by atoms with Crippen molar-refractivity contribution in [2.24, 2.45) is 17.8 Å². The largest absolute Gasteiger partial charge is 0.447 e. The van der Waals surface area contributed by atoms with E-state index in [2.05, 4.69) is 0 Å². The summed E-state index contributed by atoms with van der Waals surface area (Å²) in [7, 11) is 0. The van der Waals surface area contributed by atoms with E-state index >= 15 is 0 Å². The topological polar surface area (TPSA) is 49.8 Å². The minimum Gasteiger partial charge on any atom is -0.447 e. The highest BCUT2D eigenvalue weighted by Gasteiger charge is 2.55. The highest BCUT2D eigenvalue weighted by Crippen LogP contribution is 2.49. The Morgan fingerprint density at radius 2 is 2.05 bits per heavy atom. The van der Waals surface area contributed by atoms with Gasteiger partial charge in [-0.25, -0.2) is 4.79 Å². The summed E-state index contributed by atoms with van der Waals surface area (Å²) in [5, 5.41) is 9.69. The molecule has 120 valence electrons. The van der Waals surface area contributed by atoms with E-state index in [9.17, 15) is 23.1 Å². The van der Waals surface area contributed by atoms with Gasteiger partial charge < -0.3 is 9.84 Å². The van der Waals surface area contributed by atoms with Gasteiger partial charge in [0.25, 0.3) is 0 Å². The molecular formula is C14H20F3NO3. The van der Waals surface area contributed by atoms with Gasteiger partial charge in [-0.1, -0.05) is 6.42 Å². The van der Waals surface area contributed by atoms with E-state index < -0.39 is 18.2 Å². The first-order valence-electron chi connectivity index (χ1n) is 7.50. The Kier molecular flexibility index (Phi) is 3.58. The third-order valence-electron chi connectivity index (χ3n) is 5.52. The third-order valence-corrected chi connectivity index (χ3v) is 5.52. The van der Waals surface area contributed by atoms with Gasteiger partial charge in [0.2, 0.25) is 0 Å². The number of fused-ring (bicyclic) bond motifs is 2. The molecule has 0 radical (unpaired) electrons. The van der Waals surface area contributed by atoms with Crippen molar-refractivity contribution in [1.29, 1.82) is 0 Å². The first-order chi connectivity index (χ1) is 9.80. The highest BCUT2D eigenvalue weighted by molar-refractivity contribution is 5.70. The van der Waals surface area contributed by atoms with Crippen molar-refractivity contribution < 1.29 is 27.8 Å². The summed E-state index contributed by atoms with van der Waals surface area (Å²) in [5.41, 5.74) is 0. The molecule has 3 fully saturated rings. The normalized spacial score (nSPS) is 41.3. The number of halogens is 3. The number of hydrogen-bond acceptors (Lipinski definition) is 3. The van der Waals surface area contributed by atoms with E-state index in [0.717, 1.165) is 6.42 Å². The number of aliphatic hydroxyl groups is 1. The maximum Gasteiger partial charge on any atom is 0.414 e. The average Bonchev–Trinajstić information content (AvgIpc) is 2.78. The number of piperidine rings is 1. The lowest BCUT2D eigenvalue weighted by molar-refractivity contribution is -0.233. The molecule has 0 bridgehead atoms. The fraction of sp³-hybridized carbons (Fsp3) is 0.929. The summed E-state index contributed by atoms with van der Waals surface area (Å²) in [6.07, 6.45) is -4.82. The van der Waals surface area contributed by atoms with Crippen LogP contribution in [0.5, 0.6) is 0 Å². The lowest BCUT2D eigenvalue weighted by Gasteiger charge is -2.50. The van der Waals surface area contributed by atoms with E-state index in [4.69, 9.17) is 4.74 Å². The molecule has 0 aromatic rings. The number of nitrogens with zero attached hydrogens (tertiary/aromatic N) is 1. The maximum absolute atomic E-state index is 12.9. The van der Waals surface area contributed by atoms with E-state index in [1.165, 1.54) is 0 Å². The molecule has 2 aliphatic heterocycles. The highest BCUT2D eigenvalue weighted by atomic mass is 19.4. The van der Waals surface area contributed by atoms with Crippen LogP contribution in [-0.2, 0) is 4.74 Å². The van der Waals surface area contributed by atoms with Crippen molar-refractivity contribution in [3.8, 4) is 0 Å². The zero-order valence-electron chi connectivity index (χ0n) is 11.8. The first kappa shape index (κ1) is 14.9. The number of cyclic esters (lactones) is 1. The van der Waals surface area contributed by atoms with Gasteiger partial charge in [0.15, 0.2) is 6.10 Å². The molecule has 6 atom stereocenters. The van der Waals surface area contributed by atoms with E-state index in [-0.39, 0.29) is 36.6 Å². The standard InChI is InChI=1S/C14H20F3NO3/c1-7-9-3-2-4-10(12(19)14(15,16)17)11(9)5-8-6-21-13(20)18(7)8/h7-12,19H,2-6H2,1H3/t7?,8-,9?,10?,11?,12?/m1/s1. The van der Waals surface area contributed by atoms with E-state index in [0.29, 0.717) is 19.3 Å². The first-order valence-corrected chi connectivity index (χ1v) is 7.50. The van der Waals surface area contributed by atoms with Crippen LogP contribution in [0.25, 0.3) is 0 Å². The van der Waals surface area contributed by atoms with Crippen LogP contribution in [0, 0.1) is 17.8 Å². The second-order valence-electron chi connectivity index (χ2n) is 6.52. The van der Waals surface area contributed by atoms with Crippen molar-refractivity contribution in [3.63, 3.8) is 0 Å². The number of rotatable bonds is 1. The molecule has 3 aliphatic rings. The summed E-state index contributed by atoms with van der Waals surface area (Å²) in [6, 6.07) is -0.262. The van der Waals surface area contributed by atoms with Gasteiger partial charge in [0, 0.05) is 6.04 Å². The zero-order chi connectivity index (χ0) is 15.4. The Bertz CT molecular complexity index is 428. The summed E-state index contributed by atoms with van der Waals surface area (Å²) in [4.78, 5) is 13.4. The molecule has 0 spiro atoms. The molecule has 5 unspecified atom stereocenters. The lowest BCUT2D eigenvalue weighted by Crippen LogP contribution is -2.57. The molecule has 3 rings (SSSR count). The summed E-state index contributed by atoms with van der Waals surface area (Å²) >= 11 is 0. The summed E-state index contributed by atoms with van der Waals surface area (Å²) < 4.78 is 43.7. The van der Waals surface area contributed by atoms with E-state index in [1.54, 1.807) is 4.90 Å². The van der Waals surface area contributed by atoms with Gasteiger partial charge in [0.05, 0.1) is 6.04 Å². The van der Waals surface area contributed by atoms with Crippen LogP contribution in [0.3, 0.4) is 0 Å². The van der Waals surface area contributed by atoms with Crippen LogP contribution >= 0.6 is 0 Å². The van der Waals surface area contributed by atoms with Crippen molar-refractivity contribution in [3.05, 3.63) is 0 Å². The molecular weight excluding hydrogens is 287 g/mol. The Balaban J connectivity index is 1.83. The number of alkyl halides is 3. The number of ether oxygens (including phenoxy) is 1. The molecule has 2 heterocycles. The summed E-state index contributed by atoms with van der Waals surface area (Å²) in [5.74, 6) is -0.937. The quantitative estimate of drug-likeness (QED) is 0.810. The van der Waals surface area contributed by atoms with Crippen LogP contribution in [0.1, 0.15) is 32.6 Å². The van der Waals surface area contributed by atoms with Crippen LogP contribution < -0.4 is 0 Å². The van der Waals surface area contributed by atoms with Gasteiger partial charge in [-0.3, -0.25) is 4.90 Å². The molecule has 1 N–H and O–H groups in total. The summed E-state index contributed by atoms with van der Waals surface area (Å²) in [6.45, 7) is 2.14. The third kappa shape index (κ3) is 2.39. The van der Waals surface area contributed by atoms with Crippen LogP contribution in [0.15, 0.2) is 0 Å². The van der Waals surface area contributed by atoms with Crippen molar-refractivity contribution in [2.45, 2.75) is 57.0 Å². The molecule has 4 nitrogen and oxygen atoms in total. The molecule has 0 aromatic heterocycles. The average molecular weight is 307 g/mol. The lowest BCUT2D eigenvalue weighted by atomic mass is 9.63. The Hall–Kier alpha value is -0.980. The molecule has 1 amide bonds. The fourth-order valence-electron chi connectivity index (χ4n) is 4.59. The van der Waals surface area contributed by atoms with Gasteiger partial charge in [-0.05, 0) is 43.9 Å². The van der Waals surface area contributed by atoms with Gasteiger partial charge in [-0.2, -0.15) is 13.2 Å². The monoisotopic (exact) mass is 307 g/mol. The Morgan fingerprint density at radius 1 is 1.33 bits per heavy atom. The number of amides is 1. The maximum atomic E-state index is 12.9. The molecule has 1 saturated carbocycles. The number of carbonyl (C=O) groups excluding carboxylic acids is 1. The fourth-order valence-corrected chi connectivity index (χ4v) is 4.59. The van der Waals surface area contributed by atoms with Crippen molar-refractivity contribution in [2.75, 3.05) is 6.61 Å². The SMILES string of the molecule is CC1C2CCCC(C(O)C(F)(F)F)C2C[C@@H]2COC(=O)N12. The Labute approximate surface area is 121 Å². The van der Waals surface area contributed by atoms with Crippen LogP contribution in [0.4, 0.5) is 18.0 Å². The van der Waals surface area contributed by atoms with Crippen LogP contribution in [-0.4, -0.2) is 47.1 Å². The van der Waals surface area contributed by atoms with Gasteiger partial charge in [-0.15, -0.1) is 0 Å². The smallest absolute Gasteiger partial charge is 0.414 e. The number of aliphatic hydroxyl groups excluding tert-OH is 1. The predicted molar refractivity (Wildman–Crippen MR) is 67.4 cm³/mol. The zero-order valence-corrected chi connectivity index (χ0v) is 11.8. The second-order valence-corrected chi connectivity index (χ2v) is 6.52. The Morgan fingerprint density at radius 3 is 2.71 bits per heavy atom.